The standard InChI is InChI=1S/C21H22ClN3O4/c1-13(2)9-10-24-18-7-5-16(11-14(18)4-8-20(24)26)23-21(27)15-3-6-17(22)19(12-15)25(28)29/h3,5-7,11-13H,4,8-10H2,1-2H3,(H,23,27). The van der Waals surface area contributed by atoms with Gasteiger partial charge in [-0.1, -0.05) is 25.4 Å². The zero-order valence-corrected chi connectivity index (χ0v) is 17.0. The Labute approximate surface area is 173 Å². The smallest absolute Gasteiger partial charge is 0.288 e. The average Bonchev–Trinajstić information content (AvgIpc) is 2.67. The molecule has 7 nitrogen and oxygen atoms in total. The van der Waals surface area contributed by atoms with Gasteiger partial charge in [-0.15, -0.1) is 0 Å². The summed E-state index contributed by atoms with van der Waals surface area (Å²) in [5, 5.41) is 13.8. The molecular weight excluding hydrogens is 394 g/mol. The number of nitro benzene ring substituents is 1. The van der Waals surface area contributed by atoms with Crippen LogP contribution in [-0.4, -0.2) is 23.3 Å². The molecule has 0 unspecified atom stereocenters. The number of nitrogens with zero attached hydrogens (tertiary/aromatic N) is 2. The number of aryl methyl sites for hydroxylation is 1. The van der Waals surface area contributed by atoms with Crippen molar-refractivity contribution >= 4 is 40.5 Å². The van der Waals surface area contributed by atoms with E-state index in [1.165, 1.54) is 12.1 Å². The van der Waals surface area contributed by atoms with Gasteiger partial charge in [-0.25, -0.2) is 0 Å². The highest BCUT2D eigenvalue weighted by molar-refractivity contribution is 6.32. The molecular formula is C21H22ClN3O4. The molecule has 8 heteroatoms. The summed E-state index contributed by atoms with van der Waals surface area (Å²) >= 11 is 5.80. The van der Waals surface area contributed by atoms with Crippen LogP contribution in [0.1, 0.15) is 42.6 Å². The van der Waals surface area contributed by atoms with E-state index in [0.29, 0.717) is 31.0 Å². The van der Waals surface area contributed by atoms with E-state index in [9.17, 15) is 19.7 Å². The molecule has 1 N–H and O–H groups in total. The number of anilines is 2. The van der Waals surface area contributed by atoms with E-state index in [4.69, 9.17) is 11.6 Å². The lowest BCUT2D eigenvalue weighted by Crippen LogP contribution is -2.36. The Morgan fingerprint density at radius 1 is 1.24 bits per heavy atom. The molecule has 0 bridgehead atoms. The molecule has 0 saturated heterocycles. The first-order valence-electron chi connectivity index (χ1n) is 9.45. The first-order valence-corrected chi connectivity index (χ1v) is 9.82. The van der Waals surface area contributed by atoms with Crippen LogP contribution in [0.15, 0.2) is 36.4 Å². The monoisotopic (exact) mass is 415 g/mol. The fourth-order valence-electron chi connectivity index (χ4n) is 3.27. The number of halogens is 1. The van der Waals surface area contributed by atoms with Gasteiger partial charge in [0.25, 0.3) is 11.6 Å². The molecule has 0 aliphatic carbocycles. The molecule has 0 saturated carbocycles. The highest BCUT2D eigenvalue weighted by Gasteiger charge is 2.24. The van der Waals surface area contributed by atoms with Crippen LogP contribution in [0, 0.1) is 16.0 Å². The molecule has 2 amide bonds. The third kappa shape index (κ3) is 4.74. The second kappa shape index (κ2) is 8.61. The molecule has 2 aromatic carbocycles. The van der Waals surface area contributed by atoms with Crippen LogP contribution in [0.5, 0.6) is 0 Å². The largest absolute Gasteiger partial charge is 0.322 e. The van der Waals surface area contributed by atoms with E-state index in [1.54, 1.807) is 6.07 Å². The summed E-state index contributed by atoms with van der Waals surface area (Å²) in [6.45, 7) is 4.91. The number of hydrogen-bond acceptors (Lipinski definition) is 4. The van der Waals surface area contributed by atoms with Gasteiger partial charge in [-0.3, -0.25) is 19.7 Å². The summed E-state index contributed by atoms with van der Waals surface area (Å²) in [7, 11) is 0. The Bertz CT molecular complexity index is 974. The van der Waals surface area contributed by atoms with Gasteiger partial charge >= 0.3 is 0 Å². The highest BCUT2D eigenvalue weighted by atomic mass is 35.5. The second-order valence-corrected chi connectivity index (χ2v) is 7.86. The van der Waals surface area contributed by atoms with E-state index >= 15 is 0 Å². The Balaban J connectivity index is 1.80. The molecule has 3 rings (SSSR count). The van der Waals surface area contributed by atoms with Crippen molar-refractivity contribution < 1.29 is 14.5 Å². The van der Waals surface area contributed by atoms with Gasteiger partial charge < -0.3 is 10.2 Å². The number of nitrogens with one attached hydrogen (secondary N) is 1. The lowest BCUT2D eigenvalue weighted by molar-refractivity contribution is -0.384. The van der Waals surface area contributed by atoms with E-state index in [0.717, 1.165) is 23.7 Å². The van der Waals surface area contributed by atoms with Crippen molar-refractivity contribution in [1.82, 2.24) is 0 Å². The molecule has 0 aromatic heterocycles. The van der Waals surface area contributed by atoms with Crippen LogP contribution >= 0.6 is 11.6 Å². The second-order valence-electron chi connectivity index (χ2n) is 7.45. The Morgan fingerprint density at radius 3 is 2.69 bits per heavy atom. The molecule has 2 aromatic rings. The maximum Gasteiger partial charge on any atom is 0.288 e. The Morgan fingerprint density at radius 2 is 2.00 bits per heavy atom. The van der Waals surface area contributed by atoms with Crippen molar-refractivity contribution in [2.75, 3.05) is 16.8 Å². The van der Waals surface area contributed by atoms with E-state index < -0.39 is 10.8 Å². The first kappa shape index (κ1) is 20.8. The minimum Gasteiger partial charge on any atom is -0.322 e. The molecule has 1 aliphatic rings. The van der Waals surface area contributed by atoms with Crippen molar-refractivity contribution in [3.05, 3.63) is 62.7 Å². The highest BCUT2D eigenvalue weighted by Crippen LogP contribution is 2.31. The van der Waals surface area contributed by atoms with Crippen LogP contribution in [-0.2, 0) is 11.2 Å². The molecule has 0 radical (unpaired) electrons. The van der Waals surface area contributed by atoms with Crippen molar-refractivity contribution in [1.29, 1.82) is 0 Å². The Hall–Kier alpha value is -2.93. The summed E-state index contributed by atoms with van der Waals surface area (Å²) in [6, 6.07) is 9.36. The fourth-order valence-corrected chi connectivity index (χ4v) is 3.45. The number of hydrogen-bond donors (Lipinski definition) is 1. The lowest BCUT2D eigenvalue weighted by atomic mass is 9.99. The molecule has 0 spiro atoms. The van der Waals surface area contributed by atoms with Crippen LogP contribution < -0.4 is 10.2 Å². The minimum absolute atomic E-state index is 0.0218. The quantitative estimate of drug-likeness (QED) is 0.540. The van der Waals surface area contributed by atoms with E-state index in [-0.39, 0.29) is 22.2 Å². The van der Waals surface area contributed by atoms with Gasteiger partial charge in [0.15, 0.2) is 0 Å². The summed E-state index contributed by atoms with van der Waals surface area (Å²) in [4.78, 5) is 37.1. The summed E-state index contributed by atoms with van der Waals surface area (Å²) in [5.74, 6) is 0.145. The van der Waals surface area contributed by atoms with E-state index in [2.05, 4.69) is 19.2 Å². The number of fused-ring (bicyclic) bond motifs is 1. The number of nitro groups is 1. The maximum absolute atomic E-state index is 12.5. The van der Waals surface area contributed by atoms with Crippen molar-refractivity contribution in [2.24, 2.45) is 5.92 Å². The van der Waals surface area contributed by atoms with Crippen LogP contribution in [0.2, 0.25) is 5.02 Å². The first-order chi connectivity index (χ1) is 13.8. The number of amides is 2. The third-order valence-corrected chi connectivity index (χ3v) is 5.19. The molecule has 152 valence electrons. The predicted octanol–water partition coefficient (Wildman–Crippen LogP) is 4.83. The fraction of sp³-hybridized carbons (Fsp3) is 0.333. The third-order valence-electron chi connectivity index (χ3n) is 4.87. The average molecular weight is 416 g/mol. The van der Waals surface area contributed by atoms with Crippen molar-refractivity contribution in [3.8, 4) is 0 Å². The van der Waals surface area contributed by atoms with Gasteiger partial charge in [0, 0.05) is 36.0 Å². The molecule has 0 fully saturated rings. The molecule has 29 heavy (non-hydrogen) atoms. The summed E-state index contributed by atoms with van der Waals surface area (Å²) in [5.41, 5.74) is 2.27. The van der Waals surface area contributed by atoms with Crippen LogP contribution in [0.25, 0.3) is 0 Å². The van der Waals surface area contributed by atoms with Crippen molar-refractivity contribution in [2.45, 2.75) is 33.1 Å². The van der Waals surface area contributed by atoms with Gasteiger partial charge in [0.05, 0.1) is 4.92 Å². The number of carbonyl (C=O) groups excluding carboxylic acids is 2. The number of benzene rings is 2. The molecule has 1 heterocycles. The zero-order valence-electron chi connectivity index (χ0n) is 16.3. The predicted molar refractivity (Wildman–Crippen MR) is 113 cm³/mol. The van der Waals surface area contributed by atoms with Gasteiger partial charge in [-0.05, 0) is 54.7 Å². The molecule has 1 aliphatic heterocycles. The van der Waals surface area contributed by atoms with Crippen molar-refractivity contribution in [3.63, 3.8) is 0 Å². The Kier molecular flexibility index (Phi) is 6.17. The van der Waals surface area contributed by atoms with E-state index in [1.807, 2.05) is 17.0 Å². The van der Waals surface area contributed by atoms with Gasteiger partial charge in [0.2, 0.25) is 5.91 Å². The van der Waals surface area contributed by atoms with Gasteiger partial charge in [0.1, 0.15) is 5.02 Å². The SMILES string of the molecule is CC(C)CCN1C(=O)CCc2cc(NC(=O)c3ccc(Cl)c([N+](=O)[O-])c3)ccc21. The number of carbonyl (C=O) groups is 2. The zero-order chi connectivity index (χ0) is 21.1. The topological polar surface area (TPSA) is 92.6 Å². The lowest BCUT2D eigenvalue weighted by Gasteiger charge is -2.30. The minimum atomic E-state index is -0.624. The van der Waals surface area contributed by atoms with Gasteiger partial charge in [-0.2, -0.15) is 0 Å². The molecule has 0 atom stereocenters. The summed E-state index contributed by atoms with van der Waals surface area (Å²) in [6.07, 6.45) is 1.97. The summed E-state index contributed by atoms with van der Waals surface area (Å²) < 4.78 is 0. The van der Waals surface area contributed by atoms with Crippen LogP contribution in [0.3, 0.4) is 0 Å². The number of rotatable bonds is 6. The van der Waals surface area contributed by atoms with Crippen LogP contribution in [0.4, 0.5) is 17.1 Å². The maximum atomic E-state index is 12.5. The normalized spacial score (nSPS) is 13.4.